The molecule has 0 amide bonds. The number of benzene rings is 8. The van der Waals surface area contributed by atoms with Crippen molar-refractivity contribution in [2.75, 3.05) is 4.90 Å². The fourth-order valence-corrected chi connectivity index (χ4v) is 7.38. The van der Waals surface area contributed by atoms with E-state index in [1.807, 2.05) is 12.1 Å². The molecule has 3 heteroatoms. The van der Waals surface area contributed by atoms with Gasteiger partial charge in [-0.2, -0.15) is 0 Å². The third-order valence-corrected chi connectivity index (χ3v) is 9.64. The monoisotopic (exact) mass is 627 g/mol. The quantitative estimate of drug-likeness (QED) is 0.190. The second-order valence-electron chi connectivity index (χ2n) is 12.5. The Kier molecular flexibility index (Phi) is 6.18. The zero-order valence-corrected chi connectivity index (χ0v) is 26.5. The average Bonchev–Trinajstić information content (AvgIpc) is 3.73. The third kappa shape index (κ3) is 4.44. The van der Waals surface area contributed by atoms with E-state index in [9.17, 15) is 0 Å². The summed E-state index contributed by atoms with van der Waals surface area (Å²) in [5.41, 5.74) is 11.0. The van der Waals surface area contributed by atoms with Crippen molar-refractivity contribution >= 4 is 71.7 Å². The number of nitrogens with zero attached hydrogens (tertiary/aromatic N) is 1. The van der Waals surface area contributed by atoms with Gasteiger partial charge in [-0.3, -0.25) is 0 Å². The predicted molar refractivity (Wildman–Crippen MR) is 204 cm³/mol. The van der Waals surface area contributed by atoms with Gasteiger partial charge in [-0.05, 0) is 76.0 Å². The molecule has 2 aromatic heterocycles. The summed E-state index contributed by atoms with van der Waals surface area (Å²) in [5.74, 6) is 0. The van der Waals surface area contributed by atoms with E-state index in [2.05, 4.69) is 169 Å². The highest BCUT2D eigenvalue weighted by Gasteiger charge is 2.25. The molecule has 10 aromatic rings. The van der Waals surface area contributed by atoms with Gasteiger partial charge in [-0.25, -0.2) is 0 Å². The topological polar surface area (TPSA) is 29.5 Å². The van der Waals surface area contributed by atoms with Crippen LogP contribution in [-0.2, 0) is 0 Å². The van der Waals surface area contributed by atoms with Gasteiger partial charge in [-0.1, -0.05) is 127 Å². The first-order valence-corrected chi connectivity index (χ1v) is 16.6. The van der Waals surface area contributed by atoms with Crippen LogP contribution in [0.2, 0.25) is 0 Å². The summed E-state index contributed by atoms with van der Waals surface area (Å²) in [6.45, 7) is 0. The maximum Gasteiger partial charge on any atom is 0.159 e. The van der Waals surface area contributed by atoms with Crippen molar-refractivity contribution in [1.29, 1.82) is 0 Å². The van der Waals surface area contributed by atoms with Crippen LogP contribution < -0.4 is 4.90 Å². The van der Waals surface area contributed by atoms with Crippen LogP contribution in [0.5, 0.6) is 0 Å². The van der Waals surface area contributed by atoms with Crippen molar-refractivity contribution in [2.45, 2.75) is 0 Å². The standard InChI is InChI=1S/C46H29NO2/c1-3-12-30(13-4-1)31-22-24-35(25-23-31)47(40-20-11-19-37-36-18-9-10-21-41(36)49-46(37)40)39-26-27-42-45(44(39)32-14-5-2-6-15-32)38-28-33-16-7-8-17-34(33)29-43(38)48-42/h1-29H. The Labute approximate surface area is 282 Å². The Balaban J connectivity index is 1.30. The van der Waals surface area contributed by atoms with Crippen molar-refractivity contribution in [3.05, 3.63) is 176 Å². The first kappa shape index (κ1) is 27.5. The van der Waals surface area contributed by atoms with Gasteiger partial charge in [0.15, 0.2) is 5.58 Å². The number of para-hydroxylation sites is 2. The Hall–Kier alpha value is -6.58. The molecule has 0 saturated carbocycles. The smallest absolute Gasteiger partial charge is 0.159 e. The highest BCUT2D eigenvalue weighted by atomic mass is 16.3. The summed E-state index contributed by atoms with van der Waals surface area (Å²) in [4.78, 5) is 2.35. The van der Waals surface area contributed by atoms with Gasteiger partial charge in [0.05, 0.1) is 11.4 Å². The van der Waals surface area contributed by atoms with Crippen molar-refractivity contribution < 1.29 is 8.83 Å². The maximum absolute atomic E-state index is 6.68. The van der Waals surface area contributed by atoms with Crippen LogP contribution in [0.25, 0.3) is 76.9 Å². The van der Waals surface area contributed by atoms with Gasteiger partial charge < -0.3 is 13.7 Å². The number of hydrogen-bond acceptors (Lipinski definition) is 3. The van der Waals surface area contributed by atoms with Crippen molar-refractivity contribution in [3.63, 3.8) is 0 Å². The molecule has 0 aliphatic rings. The second kappa shape index (κ2) is 11.0. The lowest BCUT2D eigenvalue weighted by Gasteiger charge is -2.28. The molecule has 0 aliphatic carbocycles. The highest BCUT2D eigenvalue weighted by molar-refractivity contribution is 6.19. The fourth-order valence-electron chi connectivity index (χ4n) is 7.38. The van der Waals surface area contributed by atoms with E-state index in [1.54, 1.807) is 0 Å². The fraction of sp³-hybridized carbons (Fsp3) is 0. The maximum atomic E-state index is 6.68. The normalized spacial score (nSPS) is 11.7. The van der Waals surface area contributed by atoms with Crippen LogP contribution >= 0.6 is 0 Å². The molecule has 10 rings (SSSR count). The molecule has 49 heavy (non-hydrogen) atoms. The Morgan fingerprint density at radius 2 is 1.02 bits per heavy atom. The number of hydrogen-bond donors (Lipinski definition) is 0. The summed E-state index contributed by atoms with van der Waals surface area (Å²) in [6.07, 6.45) is 0. The molecular weight excluding hydrogens is 599 g/mol. The van der Waals surface area contributed by atoms with E-state index in [0.29, 0.717) is 0 Å². The number of anilines is 3. The summed E-state index contributed by atoms with van der Waals surface area (Å²) in [7, 11) is 0. The molecule has 2 heterocycles. The SMILES string of the molecule is c1ccc(-c2ccc(N(c3ccc4oc5cc6ccccc6cc5c4c3-c3ccccc3)c3cccc4c3oc3ccccc34)cc2)cc1. The van der Waals surface area contributed by atoms with Crippen LogP contribution in [-0.4, -0.2) is 0 Å². The van der Waals surface area contributed by atoms with E-state index < -0.39 is 0 Å². The van der Waals surface area contributed by atoms with Crippen LogP contribution in [0, 0.1) is 0 Å². The number of fused-ring (bicyclic) bond motifs is 7. The summed E-state index contributed by atoms with van der Waals surface area (Å²) in [5, 5.41) is 6.71. The summed E-state index contributed by atoms with van der Waals surface area (Å²) < 4.78 is 13.3. The van der Waals surface area contributed by atoms with Crippen molar-refractivity contribution in [1.82, 2.24) is 0 Å². The summed E-state index contributed by atoms with van der Waals surface area (Å²) in [6, 6.07) is 61.9. The lowest BCUT2D eigenvalue weighted by Crippen LogP contribution is -2.11. The van der Waals surface area contributed by atoms with Crippen LogP contribution in [0.3, 0.4) is 0 Å². The van der Waals surface area contributed by atoms with Gasteiger partial charge in [0.25, 0.3) is 0 Å². The minimum Gasteiger partial charge on any atom is -0.456 e. The van der Waals surface area contributed by atoms with E-state index in [0.717, 1.165) is 83.0 Å². The predicted octanol–water partition coefficient (Wildman–Crippen LogP) is 13.4. The molecule has 230 valence electrons. The first-order chi connectivity index (χ1) is 24.3. The Morgan fingerprint density at radius 1 is 0.367 bits per heavy atom. The molecule has 0 radical (unpaired) electrons. The molecule has 3 nitrogen and oxygen atoms in total. The third-order valence-electron chi connectivity index (χ3n) is 9.64. The lowest BCUT2D eigenvalue weighted by atomic mass is 9.95. The molecule has 0 N–H and O–H groups in total. The van der Waals surface area contributed by atoms with E-state index in [1.165, 1.54) is 10.9 Å². The molecule has 0 bridgehead atoms. The van der Waals surface area contributed by atoms with Gasteiger partial charge in [0.2, 0.25) is 0 Å². The molecule has 0 atom stereocenters. The lowest BCUT2D eigenvalue weighted by molar-refractivity contribution is 0.669. The Bertz CT molecular complexity index is 2810. The minimum atomic E-state index is 0.845. The zero-order chi connectivity index (χ0) is 32.3. The van der Waals surface area contributed by atoms with Crippen molar-refractivity contribution in [3.8, 4) is 22.3 Å². The molecular formula is C46H29NO2. The first-order valence-electron chi connectivity index (χ1n) is 16.6. The number of rotatable bonds is 5. The minimum absolute atomic E-state index is 0.845. The molecule has 8 aromatic carbocycles. The average molecular weight is 628 g/mol. The molecule has 0 spiro atoms. The molecule has 0 saturated heterocycles. The van der Waals surface area contributed by atoms with Crippen LogP contribution in [0.15, 0.2) is 185 Å². The van der Waals surface area contributed by atoms with E-state index >= 15 is 0 Å². The second-order valence-corrected chi connectivity index (χ2v) is 12.5. The largest absolute Gasteiger partial charge is 0.456 e. The van der Waals surface area contributed by atoms with E-state index in [-0.39, 0.29) is 0 Å². The van der Waals surface area contributed by atoms with Crippen LogP contribution in [0.1, 0.15) is 0 Å². The highest BCUT2D eigenvalue weighted by Crippen LogP contribution is 2.49. The van der Waals surface area contributed by atoms with Gasteiger partial charge in [-0.15, -0.1) is 0 Å². The Morgan fingerprint density at radius 3 is 1.82 bits per heavy atom. The van der Waals surface area contributed by atoms with Crippen molar-refractivity contribution in [2.24, 2.45) is 0 Å². The number of furan rings is 2. The van der Waals surface area contributed by atoms with Gasteiger partial charge in [0.1, 0.15) is 16.7 Å². The van der Waals surface area contributed by atoms with Crippen LogP contribution in [0.4, 0.5) is 17.1 Å². The zero-order valence-electron chi connectivity index (χ0n) is 26.5. The van der Waals surface area contributed by atoms with Gasteiger partial charge >= 0.3 is 0 Å². The van der Waals surface area contributed by atoms with Gasteiger partial charge in [0, 0.05) is 32.8 Å². The molecule has 0 aliphatic heterocycles. The molecule has 0 fully saturated rings. The molecule has 0 unspecified atom stereocenters. The van der Waals surface area contributed by atoms with E-state index in [4.69, 9.17) is 8.83 Å². The summed E-state index contributed by atoms with van der Waals surface area (Å²) >= 11 is 0.